The lowest BCUT2D eigenvalue weighted by atomic mass is 9.87. The number of carbonyl (C=O) groups is 2. The van der Waals surface area contributed by atoms with Crippen LogP contribution in [-0.4, -0.2) is 38.9 Å². The summed E-state index contributed by atoms with van der Waals surface area (Å²) in [6, 6.07) is 18.6. The molecule has 2 aromatic heterocycles. The minimum Gasteiger partial charge on any atom is -0.352 e. The largest absolute Gasteiger partial charge is 0.352 e. The molecule has 7 heteroatoms. The van der Waals surface area contributed by atoms with Gasteiger partial charge in [0.1, 0.15) is 5.65 Å². The van der Waals surface area contributed by atoms with Gasteiger partial charge in [-0.05, 0) is 85.0 Å². The number of urea groups is 1. The highest BCUT2D eigenvalue weighted by Gasteiger charge is 2.43. The maximum absolute atomic E-state index is 13.1. The smallest absolute Gasteiger partial charge is 0.318 e. The Bertz CT molecular complexity index is 1540. The van der Waals surface area contributed by atoms with Crippen LogP contribution in [0.1, 0.15) is 55.4 Å². The van der Waals surface area contributed by atoms with Crippen molar-refractivity contribution in [2.75, 3.05) is 6.54 Å². The molecule has 0 unspecified atom stereocenters. The number of hydrogen-bond acceptors (Lipinski definition) is 3. The van der Waals surface area contributed by atoms with Crippen molar-refractivity contribution in [1.29, 1.82) is 0 Å². The van der Waals surface area contributed by atoms with Crippen LogP contribution < -0.4 is 10.6 Å². The van der Waals surface area contributed by atoms with Gasteiger partial charge in [0.2, 0.25) is 5.91 Å². The molecule has 1 aliphatic heterocycles. The van der Waals surface area contributed by atoms with Crippen LogP contribution in [0.2, 0.25) is 0 Å². The third kappa shape index (κ3) is 5.13. The fourth-order valence-electron chi connectivity index (χ4n) is 5.79. The van der Waals surface area contributed by atoms with Crippen LogP contribution in [-0.2, 0) is 24.3 Å². The van der Waals surface area contributed by atoms with Gasteiger partial charge < -0.3 is 20.5 Å². The molecule has 0 spiro atoms. The zero-order valence-electron chi connectivity index (χ0n) is 22.8. The number of aromatic amines is 1. The fraction of sp³-hybridized carbons (Fsp3) is 0.344. The molecule has 0 radical (unpaired) electrons. The molecule has 2 aliphatic rings. The summed E-state index contributed by atoms with van der Waals surface area (Å²) in [5, 5.41) is 7.39. The van der Waals surface area contributed by atoms with Gasteiger partial charge >= 0.3 is 6.03 Å². The second-order valence-electron chi connectivity index (χ2n) is 11.8. The first-order chi connectivity index (χ1) is 18.8. The van der Waals surface area contributed by atoms with Gasteiger partial charge in [0, 0.05) is 48.9 Å². The number of hydrogen-bond donors (Lipinski definition) is 3. The Morgan fingerprint density at radius 1 is 1.03 bits per heavy atom. The van der Waals surface area contributed by atoms with Crippen LogP contribution in [0, 0.1) is 5.92 Å². The van der Waals surface area contributed by atoms with Gasteiger partial charge in [0.25, 0.3) is 0 Å². The zero-order chi connectivity index (χ0) is 27.1. The Kier molecular flexibility index (Phi) is 6.37. The first-order valence-corrected chi connectivity index (χ1v) is 13.7. The van der Waals surface area contributed by atoms with E-state index in [1.165, 1.54) is 11.1 Å². The predicted octanol–water partition coefficient (Wildman–Crippen LogP) is 5.52. The van der Waals surface area contributed by atoms with Crippen LogP contribution >= 0.6 is 0 Å². The Balaban J connectivity index is 1.28. The van der Waals surface area contributed by atoms with Gasteiger partial charge in [-0.3, -0.25) is 4.79 Å². The highest BCUT2D eigenvalue weighted by Crippen LogP contribution is 2.47. The van der Waals surface area contributed by atoms with E-state index in [1.807, 2.05) is 56.3 Å². The molecule has 3 amide bonds. The standard InChI is InChI=1S/C32H35N5O2/c1-32(2,3)36-31(39)37-16-13-24-22(23-11-14-33-29-25(23)12-15-34-29)10-9-21(28(24)19-37)18-35-30(38)27-17-26(27)20-7-5-4-6-8-20/h4-12,14-15,26-27H,13,16-19H2,1-3H3,(H,33,34)(H,35,38)(H,36,39)/t26-,27+/m0/s1. The molecule has 6 rings (SSSR count). The first kappa shape index (κ1) is 25.2. The molecule has 1 aliphatic carbocycles. The number of rotatable bonds is 5. The van der Waals surface area contributed by atoms with Crippen molar-refractivity contribution in [3.05, 3.63) is 89.2 Å². The Morgan fingerprint density at radius 2 is 1.85 bits per heavy atom. The molecule has 4 aromatic rings. The topological polar surface area (TPSA) is 90.1 Å². The molecule has 3 N–H and O–H groups in total. The number of aromatic nitrogens is 2. The minimum atomic E-state index is -0.313. The molecule has 1 fully saturated rings. The number of pyridine rings is 1. The van der Waals surface area contributed by atoms with Crippen molar-refractivity contribution in [3.63, 3.8) is 0 Å². The molecule has 2 aromatic carbocycles. The van der Waals surface area contributed by atoms with Crippen molar-refractivity contribution in [1.82, 2.24) is 25.5 Å². The Labute approximate surface area is 229 Å². The number of amides is 3. The molecular formula is C32H35N5O2. The maximum atomic E-state index is 13.1. The van der Waals surface area contributed by atoms with E-state index in [1.54, 1.807) is 0 Å². The summed E-state index contributed by atoms with van der Waals surface area (Å²) in [4.78, 5) is 35.7. The van der Waals surface area contributed by atoms with E-state index in [4.69, 9.17) is 0 Å². The fourth-order valence-corrected chi connectivity index (χ4v) is 5.79. The number of H-pyrrole nitrogens is 1. The van der Waals surface area contributed by atoms with Crippen LogP contribution in [0.25, 0.3) is 22.2 Å². The zero-order valence-corrected chi connectivity index (χ0v) is 22.8. The number of fused-ring (bicyclic) bond motifs is 2. The summed E-state index contributed by atoms with van der Waals surface area (Å²) in [7, 11) is 0. The molecule has 39 heavy (non-hydrogen) atoms. The molecule has 200 valence electrons. The van der Waals surface area contributed by atoms with E-state index in [0.717, 1.165) is 46.1 Å². The summed E-state index contributed by atoms with van der Waals surface area (Å²) < 4.78 is 0. The SMILES string of the molecule is CC(C)(C)NC(=O)N1CCc2c(-c3ccnc4[nH]ccc34)ccc(CNC(=O)[C@@H]3C[C@H]3c3ccccc3)c2C1. The molecule has 1 saturated carbocycles. The summed E-state index contributed by atoms with van der Waals surface area (Å²) in [6.45, 7) is 7.58. The summed E-state index contributed by atoms with van der Waals surface area (Å²) in [6.07, 6.45) is 5.38. The lowest BCUT2D eigenvalue weighted by molar-refractivity contribution is -0.122. The van der Waals surface area contributed by atoms with Gasteiger partial charge in [-0.1, -0.05) is 42.5 Å². The van der Waals surface area contributed by atoms with E-state index >= 15 is 0 Å². The third-order valence-electron chi connectivity index (χ3n) is 7.84. The second kappa shape index (κ2) is 9.88. The van der Waals surface area contributed by atoms with Crippen LogP contribution in [0.5, 0.6) is 0 Å². The van der Waals surface area contributed by atoms with Gasteiger partial charge in [-0.2, -0.15) is 0 Å². The average molecular weight is 522 g/mol. The second-order valence-corrected chi connectivity index (χ2v) is 11.8. The van der Waals surface area contributed by atoms with Crippen LogP contribution in [0.15, 0.2) is 67.0 Å². The predicted molar refractivity (Wildman–Crippen MR) is 153 cm³/mol. The highest BCUT2D eigenvalue weighted by atomic mass is 16.2. The molecular weight excluding hydrogens is 486 g/mol. The number of nitrogens with one attached hydrogen (secondary N) is 3. The van der Waals surface area contributed by atoms with Crippen molar-refractivity contribution in [3.8, 4) is 11.1 Å². The minimum absolute atomic E-state index is 0.0234. The highest BCUT2D eigenvalue weighted by molar-refractivity contribution is 5.94. The monoisotopic (exact) mass is 521 g/mol. The summed E-state index contributed by atoms with van der Waals surface area (Å²) in [5.74, 6) is 0.424. The Hall–Kier alpha value is -4.13. The van der Waals surface area contributed by atoms with Gasteiger partial charge in [0.05, 0.1) is 0 Å². The number of benzene rings is 2. The van der Waals surface area contributed by atoms with E-state index in [-0.39, 0.29) is 23.4 Å². The van der Waals surface area contributed by atoms with Crippen molar-refractivity contribution >= 4 is 23.0 Å². The first-order valence-electron chi connectivity index (χ1n) is 13.7. The average Bonchev–Trinajstić information content (AvgIpc) is 3.59. The van der Waals surface area contributed by atoms with Crippen LogP contribution in [0.4, 0.5) is 4.79 Å². The molecule has 2 atom stereocenters. The normalized spacial score (nSPS) is 18.5. The van der Waals surface area contributed by atoms with E-state index < -0.39 is 0 Å². The van der Waals surface area contributed by atoms with Crippen LogP contribution in [0.3, 0.4) is 0 Å². The van der Waals surface area contributed by atoms with E-state index in [0.29, 0.717) is 25.6 Å². The lowest BCUT2D eigenvalue weighted by Crippen LogP contribution is -2.50. The Morgan fingerprint density at radius 3 is 2.64 bits per heavy atom. The molecule has 3 heterocycles. The maximum Gasteiger partial charge on any atom is 0.318 e. The van der Waals surface area contributed by atoms with Crippen molar-refractivity contribution < 1.29 is 9.59 Å². The molecule has 0 bridgehead atoms. The third-order valence-corrected chi connectivity index (χ3v) is 7.84. The van der Waals surface area contributed by atoms with E-state index in [2.05, 4.69) is 57.0 Å². The van der Waals surface area contributed by atoms with Crippen molar-refractivity contribution in [2.24, 2.45) is 5.92 Å². The molecule has 0 saturated heterocycles. The summed E-state index contributed by atoms with van der Waals surface area (Å²) in [5.41, 5.74) is 7.49. The quantitative estimate of drug-likeness (QED) is 0.323. The van der Waals surface area contributed by atoms with E-state index in [9.17, 15) is 9.59 Å². The lowest BCUT2D eigenvalue weighted by Gasteiger charge is -2.34. The number of carbonyl (C=O) groups excluding carboxylic acids is 2. The summed E-state index contributed by atoms with van der Waals surface area (Å²) >= 11 is 0. The van der Waals surface area contributed by atoms with Gasteiger partial charge in [-0.15, -0.1) is 0 Å². The van der Waals surface area contributed by atoms with Gasteiger partial charge in [-0.25, -0.2) is 9.78 Å². The molecule has 7 nitrogen and oxygen atoms in total. The van der Waals surface area contributed by atoms with Crippen molar-refractivity contribution in [2.45, 2.75) is 58.2 Å². The number of nitrogens with zero attached hydrogens (tertiary/aromatic N) is 2. The van der Waals surface area contributed by atoms with Gasteiger partial charge in [0.15, 0.2) is 0 Å².